The molecule has 4 rings (SSSR count). The summed E-state index contributed by atoms with van der Waals surface area (Å²) < 4.78 is 1.84. The number of likely N-dealkylation sites (tertiary alicyclic amines) is 1. The number of carbonyl (C=O) groups is 1. The highest BCUT2D eigenvalue weighted by atomic mass is 35.5. The maximum absolute atomic E-state index is 13.1. The van der Waals surface area contributed by atoms with Crippen molar-refractivity contribution in [2.45, 2.75) is 18.9 Å². The summed E-state index contributed by atoms with van der Waals surface area (Å²) in [5, 5.41) is 10.7. The van der Waals surface area contributed by atoms with Crippen molar-refractivity contribution in [1.29, 1.82) is 0 Å². The zero-order valence-corrected chi connectivity index (χ0v) is 16.6. The largest absolute Gasteiger partial charge is 0.394 e. The Labute approximate surface area is 173 Å². The fraction of sp³-hybridized carbons (Fsp3) is 0.238. The molecule has 1 amide bonds. The molecule has 1 aromatic heterocycles. The normalized spacial score (nSPS) is 16.5. The molecule has 5 nitrogen and oxygen atoms in total. The Balaban J connectivity index is 1.81. The van der Waals surface area contributed by atoms with Crippen LogP contribution >= 0.6 is 23.2 Å². The Kier molecular flexibility index (Phi) is 5.40. The minimum atomic E-state index is -0.183. The van der Waals surface area contributed by atoms with Crippen molar-refractivity contribution in [3.05, 3.63) is 70.5 Å². The number of nitrogens with zero attached hydrogens (tertiary/aromatic N) is 3. The van der Waals surface area contributed by atoms with Crippen LogP contribution in [0.15, 0.2) is 54.7 Å². The first-order valence-corrected chi connectivity index (χ1v) is 9.86. The molecule has 1 saturated heterocycles. The predicted molar refractivity (Wildman–Crippen MR) is 110 cm³/mol. The van der Waals surface area contributed by atoms with Gasteiger partial charge in [-0.15, -0.1) is 0 Å². The number of rotatable bonds is 4. The van der Waals surface area contributed by atoms with E-state index in [0.29, 0.717) is 28.1 Å². The van der Waals surface area contributed by atoms with Gasteiger partial charge >= 0.3 is 0 Å². The molecule has 0 bridgehead atoms. The zero-order chi connectivity index (χ0) is 19.7. The Morgan fingerprint density at radius 3 is 2.61 bits per heavy atom. The SMILES string of the molecule is O=C(c1cn(-c2ccc(Cl)cc2)c(-c2ccccc2Cl)n1)N1CCC[C@H]1CO. The van der Waals surface area contributed by atoms with E-state index in [2.05, 4.69) is 4.98 Å². The summed E-state index contributed by atoms with van der Waals surface area (Å²) in [7, 11) is 0. The summed E-state index contributed by atoms with van der Waals surface area (Å²) in [4.78, 5) is 19.4. The van der Waals surface area contributed by atoms with Crippen molar-refractivity contribution in [2.75, 3.05) is 13.2 Å². The molecule has 1 atom stereocenters. The zero-order valence-electron chi connectivity index (χ0n) is 15.1. The third-order valence-electron chi connectivity index (χ3n) is 4.99. The van der Waals surface area contributed by atoms with E-state index in [1.807, 2.05) is 34.9 Å². The lowest BCUT2D eigenvalue weighted by Gasteiger charge is -2.21. The third kappa shape index (κ3) is 3.53. The van der Waals surface area contributed by atoms with Crippen LogP contribution in [0.25, 0.3) is 17.1 Å². The molecule has 2 aromatic carbocycles. The number of amides is 1. The Hall–Kier alpha value is -2.34. The molecule has 1 fully saturated rings. The van der Waals surface area contributed by atoms with Gasteiger partial charge in [-0.25, -0.2) is 4.98 Å². The van der Waals surface area contributed by atoms with Crippen LogP contribution in [0.3, 0.4) is 0 Å². The van der Waals surface area contributed by atoms with Crippen LogP contribution in [0.5, 0.6) is 0 Å². The Bertz CT molecular complexity index is 1000. The molecule has 0 aliphatic carbocycles. The minimum Gasteiger partial charge on any atom is -0.394 e. The van der Waals surface area contributed by atoms with Crippen molar-refractivity contribution in [3.63, 3.8) is 0 Å². The average molecular weight is 416 g/mol. The smallest absolute Gasteiger partial charge is 0.274 e. The van der Waals surface area contributed by atoms with Crippen LogP contribution in [0, 0.1) is 0 Å². The van der Waals surface area contributed by atoms with Crippen LogP contribution in [0.2, 0.25) is 10.0 Å². The number of aromatic nitrogens is 2. The van der Waals surface area contributed by atoms with Gasteiger partial charge in [-0.3, -0.25) is 9.36 Å². The molecule has 7 heteroatoms. The van der Waals surface area contributed by atoms with Gasteiger partial charge in [0.2, 0.25) is 0 Å². The number of aliphatic hydroxyl groups is 1. The second-order valence-corrected chi connectivity index (χ2v) is 7.60. The van der Waals surface area contributed by atoms with Crippen LogP contribution < -0.4 is 0 Å². The Morgan fingerprint density at radius 1 is 1.14 bits per heavy atom. The number of aliphatic hydroxyl groups excluding tert-OH is 1. The number of imidazole rings is 1. The first kappa shape index (κ1) is 19.0. The standard InChI is InChI=1S/C21H19Cl2N3O2/c22-14-7-9-15(10-8-14)26-12-19(21(28)25-11-3-4-16(25)13-27)24-20(26)17-5-1-2-6-18(17)23/h1-2,5-10,12,16,27H,3-4,11,13H2/t16-/m0/s1. The van der Waals surface area contributed by atoms with Crippen molar-refractivity contribution >= 4 is 29.1 Å². The minimum absolute atomic E-state index is 0.0407. The highest BCUT2D eigenvalue weighted by Crippen LogP contribution is 2.30. The van der Waals surface area contributed by atoms with Crippen molar-refractivity contribution in [2.24, 2.45) is 0 Å². The van der Waals surface area contributed by atoms with Crippen molar-refractivity contribution in [1.82, 2.24) is 14.5 Å². The molecule has 1 N–H and O–H groups in total. The van der Waals surface area contributed by atoms with Gasteiger partial charge in [0, 0.05) is 29.0 Å². The lowest BCUT2D eigenvalue weighted by atomic mass is 10.2. The van der Waals surface area contributed by atoms with Gasteiger partial charge in [0.15, 0.2) is 0 Å². The number of carbonyl (C=O) groups excluding carboxylic acids is 1. The van der Waals surface area contributed by atoms with E-state index < -0.39 is 0 Å². The van der Waals surface area contributed by atoms with E-state index in [4.69, 9.17) is 23.2 Å². The van der Waals surface area contributed by atoms with Crippen LogP contribution in [-0.2, 0) is 0 Å². The molecular weight excluding hydrogens is 397 g/mol. The molecule has 2 heterocycles. The van der Waals surface area contributed by atoms with Crippen LogP contribution in [0.1, 0.15) is 23.3 Å². The first-order chi connectivity index (χ1) is 13.6. The highest BCUT2D eigenvalue weighted by Gasteiger charge is 2.31. The van der Waals surface area contributed by atoms with E-state index in [9.17, 15) is 9.90 Å². The van der Waals surface area contributed by atoms with E-state index >= 15 is 0 Å². The van der Waals surface area contributed by atoms with Gasteiger partial charge in [-0.2, -0.15) is 0 Å². The van der Waals surface area contributed by atoms with Gasteiger partial charge in [0.05, 0.1) is 17.7 Å². The summed E-state index contributed by atoms with van der Waals surface area (Å²) >= 11 is 12.4. The number of benzene rings is 2. The average Bonchev–Trinajstić information content (AvgIpc) is 3.35. The fourth-order valence-electron chi connectivity index (χ4n) is 3.55. The van der Waals surface area contributed by atoms with Crippen molar-refractivity contribution in [3.8, 4) is 17.1 Å². The lowest BCUT2D eigenvalue weighted by Crippen LogP contribution is -2.37. The molecule has 144 valence electrons. The first-order valence-electron chi connectivity index (χ1n) is 9.10. The van der Waals surface area contributed by atoms with Crippen molar-refractivity contribution < 1.29 is 9.90 Å². The van der Waals surface area contributed by atoms with Gasteiger partial charge in [-0.05, 0) is 49.2 Å². The van der Waals surface area contributed by atoms with E-state index in [1.54, 1.807) is 29.3 Å². The summed E-state index contributed by atoms with van der Waals surface area (Å²) in [6.45, 7) is 0.584. The second kappa shape index (κ2) is 7.95. The molecule has 3 aromatic rings. The molecule has 0 unspecified atom stereocenters. The van der Waals surface area contributed by atoms with Crippen LogP contribution in [0.4, 0.5) is 0 Å². The van der Waals surface area contributed by atoms with E-state index in [1.165, 1.54) is 0 Å². The van der Waals surface area contributed by atoms with E-state index in [0.717, 1.165) is 24.1 Å². The summed E-state index contributed by atoms with van der Waals surface area (Å²) in [6.07, 6.45) is 3.40. The molecule has 1 aliphatic rings. The third-order valence-corrected chi connectivity index (χ3v) is 5.57. The van der Waals surface area contributed by atoms with Gasteiger partial charge in [0.1, 0.15) is 11.5 Å². The number of hydrogen-bond donors (Lipinski definition) is 1. The topological polar surface area (TPSA) is 58.4 Å². The van der Waals surface area contributed by atoms with Gasteiger partial charge in [0.25, 0.3) is 5.91 Å². The monoisotopic (exact) mass is 415 g/mol. The van der Waals surface area contributed by atoms with Crippen LogP contribution in [-0.4, -0.2) is 44.7 Å². The van der Waals surface area contributed by atoms with Gasteiger partial charge in [-0.1, -0.05) is 35.3 Å². The second-order valence-electron chi connectivity index (χ2n) is 6.75. The van der Waals surface area contributed by atoms with E-state index in [-0.39, 0.29) is 18.6 Å². The molecule has 0 saturated carbocycles. The molecule has 28 heavy (non-hydrogen) atoms. The predicted octanol–water partition coefficient (Wildman–Crippen LogP) is 4.44. The molecule has 0 spiro atoms. The highest BCUT2D eigenvalue weighted by molar-refractivity contribution is 6.33. The molecular formula is C21H19Cl2N3O2. The molecule has 1 aliphatic heterocycles. The summed E-state index contributed by atoms with van der Waals surface area (Å²) in [5.74, 6) is 0.397. The maximum Gasteiger partial charge on any atom is 0.274 e. The lowest BCUT2D eigenvalue weighted by molar-refractivity contribution is 0.0672. The summed E-state index contributed by atoms with van der Waals surface area (Å²) in [5.41, 5.74) is 1.88. The summed E-state index contributed by atoms with van der Waals surface area (Å²) in [6, 6.07) is 14.6. The number of halogens is 2. The van der Waals surface area contributed by atoms with Gasteiger partial charge < -0.3 is 10.0 Å². The fourth-order valence-corrected chi connectivity index (χ4v) is 3.90. The maximum atomic E-state index is 13.1. The quantitative estimate of drug-likeness (QED) is 0.684. The Morgan fingerprint density at radius 2 is 1.89 bits per heavy atom. The molecule has 0 radical (unpaired) electrons. The number of hydrogen-bond acceptors (Lipinski definition) is 3.